The van der Waals surface area contributed by atoms with Crippen LogP contribution in [-0.2, 0) is 22.9 Å². The molecule has 5 aromatic rings. The molecule has 0 aliphatic carbocycles. The predicted molar refractivity (Wildman–Crippen MR) is 162 cm³/mol. The second-order valence-electron chi connectivity index (χ2n) is 10.3. The van der Waals surface area contributed by atoms with E-state index in [2.05, 4.69) is 35.1 Å². The Hall–Kier alpha value is -1.33. The van der Waals surface area contributed by atoms with E-state index in [0.29, 0.717) is 13.5 Å². The Labute approximate surface area is 312 Å². The molecule has 0 bridgehead atoms. The van der Waals surface area contributed by atoms with Crippen molar-refractivity contribution < 1.29 is 87.5 Å². The van der Waals surface area contributed by atoms with E-state index in [4.69, 9.17) is 24.4 Å². The molecule has 44 heavy (non-hydrogen) atoms. The summed E-state index contributed by atoms with van der Waals surface area (Å²) in [6.07, 6.45) is 9.46. The normalized spacial score (nSPS) is 10.6. The molecule has 0 fully saturated rings. The van der Waals surface area contributed by atoms with Crippen LogP contribution in [-0.4, -0.2) is 37.3 Å². The Morgan fingerprint density at radius 2 is 0.955 bits per heavy atom. The van der Waals surface area contributed by atoms with Gasteiger partial charge in [-0.1, -0.05) is 82.7 Å². The predicted octanol–water partition coefficient (Wildman–Crippen LogP) is -0.764. The smallest absolute Gasteiger partial charge is 1.00 e. The van der Waals surface area contributed by atoms with Crippen molar-refractivity contribution in [1.29, 1.82) is 0 Å². The quantitative estimate of drug-likeness (QED) is 0.123. The standard InChI is InChI=1S/C33H41N5O2.3ClH.Nd/c1-3-5-7-13-22-39-24-37-30-20-11-9-16-26(30)35-32(37)28-18-15-19-29(34-28)33-36-27-17-10-12-21-31(27)38(33)25-40-23-14-8-6-4-2;;;;/h9-12,15-21H,3-8,13-14,22-25H2,1-2H3;3*1H;/q;;;;+3/p-3. The van der Waals surface area contributed by atoms with Gasteiger partial charge in [0, 0.05) is 13.2 Å². The Morgan fingerprint density at radius 3 is 1.39 bits per heavy atom. The first-order valence-electron chi connectivity index (χ1n) is 14.8. The first-order chi connectivity index (χ1) is 19.8. The number of aromatic nitrogens is 5. The van der Waals surface area contributed by atoms with Gasteiger partial charge in [0.25, 0.3) is 0 Å². The largest absolute Gasteiger partial charge is 3.00 e. The van der Waals surface area contributed by atoms with Crippen molar-refractivity contribution in [3.8, 4) is 23.0 Å². The van der Waals surface area contributed by atoms with Crippen LogP contribution in [0, 0.1) is 40.8 Å². The van der Waals surface area contributed by atoms with Crippen LogP contribution in [0.2, 0.25) is 0 Å². The molecule has 2 aromatic carbocycles. The minimum Gasteiger partial charge on any atom is -1.00 e. The number of rotatable bonds is 16. The summed E-state index contributed by atoms with van der Waals surface area (Å²) in [5, 5.41) is 0. The molecule has 0 aliphatic rings. The summed E-state index contributed by atoms with van der Waals surface area (Å²) < 4.78 is 16.5. The molecule has 0 amide bonds. The van der Waals surface area contributed by atoms with Gasteiger partial charge in [-0.05, 0) is 49.2 Å². The van der Waals surface area contributed by atoms with E-state index in [9.17, 15) is 0 Å². The van der Waals surface area contributed by atoms with Crippen LogP contribution in [0.5, 0.6) is 0 Å². The molecule has 1 radical (unpaired) electrons. The van der Waals surface area contributed by atoms with Crippen molar-refractivity contribution in [3.63, 3.8) is 0 Å². The van der Waals surface area contributed by atoms with Gasteiger partial charge in [0.15, 0.2) is 11.6 Å². The number of benzene rings is 2. The van der Waals surface area contributed by atoms with Gasteiger partial charge >= 0.3 is 40.8 Å². The van der Waals surface area contributed by atoms with Crippen molar-refractivity contribution in [3.05, 3.63) is 66.7 Å². The molecule has 3 aromatic heterocycles. The maximum Gasteiger partial charge on any atom is 3.00 e. The molecule has 235 valence electrons. The van der Waals surface area contributed by atoms with Crippen molar-refractivity contribution in [1.82, 2.24) is 24.1 Å². The van der Waals surface area contributed by atoms with Gasteiger partial charge in [-0.2, -0.15) is 0 Å². The summed E-state index contributed by atoms with van der Waals surface area (Å²) in [4.78, 5) is 15.0. The molecule has 0 unspecified atom stereocenters. The van der Waals surface area contributed by atoms with Gasteiger partial charge in [-0.3, -0.25) is 9.13 Å². The fraction of sp³-hybridized carbons (Fsp3) is 0.424. The first-order valence-corrected chi connectivity index (χ1v) is 14.8. The third-order valence-corrected chi connectivity index (χ3v) is 7.24. The number of pyridine rings is 1. The van der Waals surface area contributed by atoms with Gasteiger partial charge in [0.2, 0.25) is 0 Å². The van der Waals surface area contributed by atoms with Crippen LogP contribution in [0.4, 0.5) is 0 Å². The van der Waals surface area contributed by atoms with Gasteiger partial charge in [0.1, 0.15) is 24.8 Å². The van der Waals surface area contributed by atoms with Crippen LogP contribution < -0.4 is 37.2 Å². The van der Waals surface area contributed by atoms with Crippen LogP contribution >= 0.6 is 0 Å². The number of para-hydroxylation sites is 4. The van der Waals surface area contributed by atoms with Crippen LogP contribution in [0.15, 0.2) is 66.7 Å². The fourth-order valence-corrected chi connectivity index (χ4v) is 5.06. The molecule has 3 heterocycles. The molecular weight excluding hydrogens is 749 g/mol. The number of unbranched alkanes of at least 4 members (excludes halogenated alkanes) is 6. The zero-order chi connectivity index (χ0) is 27.6. The molecule has 0 atom stereocenters. The van der Waals surface area contributed by atoms with Crippen LogP contribution in [0.25, 0.3) is 45.1 Å². The molecule has 7 nitrogen and oxygen atoms in total. The zero-order valence-electron chi connectivity index (χ0n) is 25.5. The van der Waals surface area contributed by atoms with E-state index in [-0.39, 0.29) is 78.1 Å². The molecule has 5 rings (SSSR count). The van der Waals surface area contributed by atoms with Crippen molar-refractivity contribution in [2.24, 2.45) is 0 Å². The average molecular weight is 790 g/mol. The maximum absolute atomic E-state index is 6.11. The molecule has 0 saturated heterocycles. The van der Waals surface area contributed by atoms with E-state index < -0.39 is 0 Å². The van der Waals surface area contributed by atoms with E-state index in [0.717, 1.165) is 71.2 Å². The van der Waals surface area contributed by atoms with Crippen molar-refractivity contribution >= 4 is 22.1 Å². The summed E-state index contributed by atoms with van der Waals surface area (Å²) in [6.45, 7) is 6.81. The van der Waals surface area contributed by atoms with Gasteiger partial charge in [-0.15, -0.1) is 0 Å². The minimum absolute atomic E-state index is 0. The van der Waals surface area contributed by atoms with Crippen molar-refractivity contribution in [2.75, 3.05) is 13.2 Å². The third kappa shape index (κ3) is 10.3. The Kier molecular flexibility index (Phi) is 19.8. The number of ether oxygens (including phenoxy) is 2. The SMILES string of the molecule is CCCCCCOCn1c(-c2cccc(-c3nc4ccccc4n3COCCCCCC)n2)nc2ccccc21.[Cl-].[Cl-].[Cl-].[Nd+3]. The Morgan fingerprint density at radius 1 is 0.523 bits per heavy atom. The number of halogens is 3. The van der Waals surface area contributed by atoms with Crippen LogP contribution in [0.3, 0.4) is 0 Å². The summed E-state index contributed by atoms with van der Waals surface area (Å²) >= 11 is 0. The van der Waals surface area contributed by atoms with E-state index in [1.807, 2.05) is 54.6 Å². The summed E-state index contributed by atoms with van der Waals surface area (Å²) in [5.74, 6) is 1.60. The Balaban J connectivity index is 0.00000242. The van der Waals surface area contributed by atoms with E-state index >= 15 is 0 Å². The van der Waals surface area contributed by atoms with E-state index in [1.165, 1.54) is 38.5 Å². The van der Waals surface area contributed by atoms with Gasteiger partial charge in [0.05, 0.1) is 22.1 Å². The molecule has 0 saturated carbocycles. The second kappa shape index (κ2) is 21.5. The zero-order valence-corrected chi connectivity index (χ0v) is 31.0. The summed E-state index contributed by atoms with van der Waals surface area (Å²) in [7, 11) is 0. The molecule has 0 spiro atoms. The Bertz CT molecular complexity index is 1420. The fourth-order valence-electron chi connectivity index (χ4n) is 5.06. The minimum atomic E-state index is 0. The number of nitrogens with zero attached hydrogens (tertiary/aromatic N) is 5. The molecular formula is C33H41Cl3N5NdO2. The summed E-state index contributed by atoms with van der Waals surface area (Å²) in [5.41, 5.74) is 5.54. The first kappa shape index (κ1) is 40.7. The number of hydrogen-bond acceptors (Lipinski definition) is 5. The topological polar surface area (TPSA) is 67.0 Å². The average Bonchev–Trinajstić information content (AvgIpc) is 3.55. The van der Waals surface area contributed by atoms with Crippen molar-refractivity contribution in [2.45, 2.75) is 78.7 Å². The number of imidazole rings is 2. The maximum atomic E-state index is 6.11. The monoisotopic (exact) mass is 786 g/mol. The number of fused-ring (bicyclic) bond motifs is 2. The molecule has 0 aliphatic heterocycles. The molecule has 11 heteroatoms. The van der Waals surface area contributed by atoms with E-state index in [1.54, 1.807) is 0 Å². The third-order valence-electron chi connectivity index (χ3n) is 7.24. The number of hydrogen-bond donors (Lipinski definition) is 0. The van der Waals surface area contributed by atoms with Gasteiger partial charge in [-0.25, -0.2) is 15.0 Å². The van der Waals surface area contributed by atoms with Crippen LogP contribution in [0.1, 0.15) is 65.2 Å². The molecule has 0 N–H and O–H groups in total. The van der Waals surface area contributed by atoms with Gasteiger partial charge < -0.3 is 46.7 Å². The second-order valence-corrected chi connectivity index (χ2v) is 10.3. The summed E-state index contributed by atoms with van der Waals surface area (Å²) in [6, 6.07) is 22.4.